The van der Waals surface area contributed by atoms with E-state index in [9.17, 15) is 0 Å². The Hall–Kier alpha value is -4.82. The molecule has 2 heterocycles. The van der Waals surface area contributed by atoms with Gasteiger partial charge in [0.2, 0.25) is 0 Å². The summed E-state index contributed by atoms with van der Waals surface area (Å²) in [6.45, 7) is 6.00. The van der Waals surface area contributed by atoms with Gasteiger partial charge in [-0.15, -0.1) is 0 Å². The van der Waals surface area contributed by atoms with Crippen molar-refractivity contribution in [3.63, 3.8) is 0 Å². The van der Waals surface area contributed by atoms with Crippen molar-refractivity contribution in [3.05, 3.63) is 139 Å². The number of aromatic nitrogens is 2. The standard InChI is InChI=1S/C35H26N2/c1-3-4-12-25-21-27(20-19-24(25)2)37-33-18-11-9-16-29(33)31-22-34-30(23-35(31)37)28-15-8-10-17-32(28)36(34)26-13-6-5-7-14-26/h3-23H,1H2,2H3/b12-4-. The highest BCUT2D eigenvalue weighted by Gasteiger charge is 2.18. The fourth-order valence-electron chi connectivity index (χ4n) is 5.68. The first-order valence-corrected chi connectivity index (χ1v) is 12.7. The molecule has 0 aliphatic rings. The first-order chi connectivity index (χ1) is 18.2. The predicted octanol–water partition coefficient (Wildman–Crippen LogP) is 9.39. The maximum Gasteiger partial charge on any atom is 0.0548 e. The van der Waals surface area contributed by atoms with E-state index in [-0.39, 0.29) is 0 Å². The number of benzene rings is 5. The lowest BCUT2D eigenvalue weighted by Gasteiger charge is -2.11. The number of hydrogen-bond acceptors (Lipinski definition) is 0. The predicted molar refractivity (Wildman–Crippen MR) is 159 cm³/mol. The number of hydrogen-bond donors (Lipinski definition) is 0. The summed E-state index contributed by atoms with van der Waals surface area (Å²) in [4.78, 5) is 0. The summed E-state index contributed by atoms with van der Waals surface area (Å²) >= 11 is 0. The Bertz CT molecular complexity index is 2000. The molecule has 0 amide bonds. The Morgan fingerprint density at radius 2 is 1.11 bits per heavy atom. The molecule has 2 nitrogen and oxygen atoms in total. The molecule has 0 fully saturated rings. The zero-order chi connectivity index (χ0) is 24.9. The van der Waals surface area contributed by atoms with Crippen molar-refractivity contribution in [3.8, 4) is 11.4 Å². The minimum Gasteiger partial charge on any atom is -0.309 e. The summed E-state index contributed by atoms with van der Waals surface area (Å²) < 4.78 is 4.80. The van der Waals surface area contributed by atoms with Gasteiger partial charge in [0.25, 0.3) is 0 Å². The Kier molecular flexibility index (Phi) is 4.87. The van der Waals surface area contributed by atoms with Crippen LogP contribution >= 0.6 is 0 Å². The Morgan fingerprint density at radius 3 is 1.73 bits per heavy atom. The van der Waals surface area contributed by atoms with Gasteiger partial charge in [-0.1, -0.05) is 85.5 Å². The van der Waals surface area contributed by atoms with E-state index in [2.05, 4.69) is 138 Å². The molecule has 0 radical (unpaired) electrons. The van der Waals surface area contributed by atoms with Crippen molar-refractivity contribution in [2.45, 2.75) is 6.92 Å². The van der Waals surface area contributed by atoms with Gasteiger partial charge < -0.3 is 9.13 Å². The number of fused-ring (bicyclic) bond motifs is 6. The van der Waals surface area contributed by atoms with E-state index in [0.717, 1.165) is 5.69 Å². The van der Waals surface area contributed by atoms with Crippen molar-refractivity contribution < 1.29 is 0 Å². The molecule has 2 heteroatoms. The van der Waals surface area contributed by atoms with Gasteiger partial charge in [-0.25, -0.2) is 0 Å². The molecule has 2 aromatic heterocycles. The highest BCUT2D eigenvalue weighted by atomic mass is 15.0. The van der Waals surface area contributed by atoms with Crippen molar-refractivity contribution in [2.75, 3.05) is 0 Å². The molecule has 0 bridgehead atoms. The molecule has 0 spiro atoms. The average molecular weight is 475 g/mol. The monoisotopic (exact) mass is 474 g/mol. The quantitative estimate of drug-likeness (QED) is 0.225. The third kappa shape index (κ3) is 3.26. The fourth-order valence-corrected chi connectivity index (χ4v) is 5.68. The maximum atomic E-state index is 3.84. The minimum absolute atomic E-state index is 1.16. The molecule has 0 unspecified atom stereocenters. The summed E-state index contributed by atoms with van der Waals surface area (Å²) in [6, 6.07) is 39.6. The van der Waals surface area contributed by atoms with Crippen LogP contribution in [0.15, 0.2) is 128 Å². The largest absolute Gasteiger partial charge is 0.309 e. The van der Waals surface area contributed by atoms with Gasteiger partial charge in [0.05, 0.1) is 22.1 Å². The SMILES string of the molecule is C=C/C=C\c1cc(-n2c3ccccc3c3cc4c(cc32)c2ccccc2n4-c2ccccc2)ccc1C. The smallest absolute Gasteiger partial charge is 0.0548 e. The minimum atomic E-state index is 1.16. The molecule has 0 aliphatic carbocycles. The van der Waals surface area contributed by atoms with Crippen LogP contribution < -0.4 is 0 Å². The number of nitrogens with zero attached hydrogens (tertiary/aromatic N) is 2. The van der Waals surface area contributed by atoms with Gasteiger partial charge >= 0.3 is 0 Å². The molecule has 5 aromatic carbocycles. The molecule has 176 valence electrons. The molecule has 7 aromatic rings. The van der Waals surface area contributed by atoms with Gasteiger partial charge in [0, 0.05) is 32.9 Å². The Balaban J connectivity index is 1.62. The summed E-state index contributed by atoms with van der Waals surface area (Å²) in [7, 11) is 0. The first kappa shape index (κ1) is 21.5. The Labute approximate surface area is 216 Å². The van der Waals surface area contributed by atoms with Crippen LogP contribution in [-0.2, 0) is 0 Å². The summed E-state index contributed by atoms with van der Waals surface area (Å²) in [5, 5.41) is 5.04. The lowest BCUT2D eigenvalue weighted by molar-refractivity contribution is 1.17. The number of allylic oxidation sites excluding steroid dienone is 2. The van der Waals surface area contributed by atoms with Gasteiger partial charge in [-0.2, -0.15) is 0 Å². The van der Waals surface area contributed by atoms with Crippen molar-refractivity contribution in [1.29, 1.82) is 0 Å². The topological polar surface area (TPSA) is 9.86 Å². The van der Waals surface area contributed by atoms with Crippen LogP contribution in [0, 0.1) is 6.92 Å². The van der Waals surface area contributed by atoms with E-state index in [1.165, 1.54) is 60.4 Å². The van der Waals surface area contributed by atoms with Gasteiger partial charge in [-0.3, -0.25) is 0 Å². The lowest BCUT2D eigenvalue weighted by atomic mass is 10.1. The zero-order valence-electron chi connectivity index (χ0n) is 20.7. The average Bonchev–Trinajstić information content (AvgIpc) is 3.44. The second kappa shape index (κ2) is 8.39. The van der Waals surface area contributed by atoms with E-state index in [0.29, 0.717) is 0 Å². The van der Waals surface area contributed by atoms with Crippen LogP contribution in [0.25, 0.3) is 61.1 Å². The lowest BCUT2D eigenvalue weighted by Crippen LogP contribution is -1.96. The normalized spacial score (nSPS) is 11.9. The first-order valence-electron chi connectivity index (χ1n) is 12.7. The second-order valence-electron chi connectivity index (χ2n) is 9.56. The van der Waals surface area contributed by atoms with Gasteiger partial charge in [0.15, 0.2) is 0 Å². The van der Waals surface area contributed by atoms with E-state index < -0.39 is 0 Å². The van der Waals surface area contributed by atoms with Gasteiger partial charge in [-0.05, 0) is 66.6 Å². The van der Waals surface area contributed by atoms with Crippen LogP contribution in [-0.4, -0.2) is 9.13 Å². The third-order valence-corrected chi connectivity index (χ3v) is 7.41. The third-order valence-electron chi connectivity index (χ3n) is 7.41. The number of para-hydroxylation sites is 3. The number of rotatable bonds is 4. The van der Waals surface area contributed by atoms with E-state index in [1.807, 2.05) is 12.2 Å². The molecule has 0 saturated heterocycles. The van der Waals surface area contributed by atoms with E-state index in [4.69, 9.17) is 0 Å². The molecule has 7 rings (SSSR count). The summed E-state index contributed by atoms with van der Waals surface area (Å²) in [6.07, 6.45) is 5.96. The second-order valence-corrected chi connectivity index (χ2v) is 9.56. The zero-order valence-corrected chi connectivity index (χ0v) is 20.7. The van der Waals surface area contributed by atoms with Crippen LogP contribution in [0.5, 0.6) is 0 Å². The summed E-state index contributed by atoms with van der Waals surface area (Å²) in [5.41, 5.74) is 9.65. The highest BCUT2D eigenvalue weighted by molar-refractivity contribution is 6.19. The highest BCUT2D eigenvalue weighted by Crippen LogP contribution is 2.39. The molecule has 0 atom stereocenters. The van der Waals surface area contributed by atoms with Crippen molar-refractivity contribution in [1.82, 2.24) is 9.13 Å². The number of aryl methyl sites for hydroxylation is 1. The Morgan fingerprint density at radius 1 is 0.541 bits per heavy atom. The van der Waals surface area contributed by atoms with Crippen molar-refractivity contribution in [2.24, 2.45) is 0 Å². The molecular weight excluding hydrogens is 448 g/mol. The van der Waals surface area contributed by atoms with Crippen LogP contribution in [0.4, 0.5) is 0 Å². The molecule has 0 N–H and O–H groups in total. The summed E-state index contributed by atoms with van der Waals surface area (Å²) in [5.74, 6) is 0. The molecule has 0 aliphatic heterocycles. The van der Waals surface area contributed by atoms with E-state index in [1.54, 1.807) is 0 Å². The van der Waals surface area contributed by atoms with Gasteiger partial charge in [0.1, 0.15) is 0 Å². The van der Waals surface area contributed by atoms with Crippen LogP contribution in [0.1, 0.15) is 11.1 Å². The molecule has 0 saturated carbocycles. The van der Waals surface area contributed by atoms with Crippen LogP contribution in [0.2, 0.25) is 0 Å². The maximum absolute atomic E-state index is 3.84. The van der Waals surface area contributed by atoms with E-state index >= 15 is 0 Å². The van der Waals surface area contributed by atoms with Crippen LogP contribution in [0.3, 0.4) is 0 Å². The van der Waals surface area contributed by atoms with Crippen molar-refractivity contribution >= 4 is 49.7 Å². The fraction of sp³-hybridized carbons (Fsp3) is 0.0286. The molecular formula is C35H26N2. The molecule has 37 heavy (non-hydrogen) atoms.